The summed E-state index contributed by atoms with van der Waals surface area (Å²) in [7, 11) is 0. The maximum Gasteiger partial charge on any atom is 0.273 e. The molecule has 3 N–H and O–H groups in total. The van der Waals surface area contributed by atoms with Gasteiger partial charge in [-0.15, -0.1) is 0 Å². The summed E-state index contributed by atoms with van der Waals surface area (Å²) in [6.07, 6.45) is 3.76. The van der Waals surface area contributed by atoms with Crippen LogP contribution in [-0.4, -0.2) is 28.2 Å². The fourth-order valence-electron chi connectivity index (χ4n) is 3.13. The average Bonchev–Trinajstić information content (AvgIpc) is 2.80. The second-order valence-corrected chi connectivity index (χ2v) is 8.01. The van der Waals surface area contributed by atoms with E-state index in [9.17, 15) is 18.7 Å². The molecule has 1 aliphatic rings. The highest BCUT2D eigenvalue weighted by Gasteiger charge is 2.28. The number of aliphatic hydroxyl groups excluding tert-OH is 1. The second kappa shape index (κ2) is 9.26. The van der Waals surface area contributed by atoms with Crippen molar-refractivity contribution in [1.82, 2.24) is 9.29 Å². The highest BCUT2D eigenvalue weighted by atomic mass is 35.5. The van der Waals surface area contributed by atoms with Gasteiger partial charge in [-0.05, 0) is 50.3 Å². The number of carbonyl (C=O) groups excluding carboxylic acids is 1. The number of amides is 1. The lowest BCUT2D eigenvalue weighted by molar-refractivity contribution is 0.101. The van der Waals surface area contributed by atoms with Crippen molar-refractivity contribution >= 4 is 35.1 Å². The smallest absolute Gasteiger partial charge is 0.273 e. The summed E-state index contributed by atoms with van der Waals surface area (Å²) in [5.74, 6) is -2.48. The normalized spacial score (nSPS) is 15.0. The molecule has 0 radical (unpaired) electrons. The molecule has 0 spiro atoms. The molecular weight excluding hydrogens is 408 g/mol. The number of benzene rings is 1. The number of rotatable bonds is 6. The molecule has 0 aliphatic carbocycles. The zero-order chi connectivity index (χ0) is 20.3. The molecule has 1 aromatic heterocycles. The van der Waals surface area contributed by atoms with Gasteiger partial charge >= 0.3 is 0 Å². The molecular formula is C19H22ClF2N3O2S. The number of hydrogen-bond donors (Lipinski definition) is 3. The Bertz CT molecular complexity index is 875. The van der Waals surface area contributed by atoms with E-state index in [4.69, 9.17) is 11.6 Å². The summed E-state index contributed by atoms with van der Waals surface area (Å²) >= 11 is 7.88. The van der Waals surface area contributed by atoms with Gasteiger partial charge in [0.2, 0.25) is 0 Å². The number of fused-ring (bicyclic) bond motifs is 1. The Labute approximate surface area is 171 Å². The third-order valence-electron chi connectivity index (χ3n) is 4.59. The first-order valence-electron chi connectivity index (χ1n) is 9.12. The Morgan fingerprint density at radius 2 is 2.11 bits per heavy atom. The number of anilines is 1. The molecule has 2 aromatic rings. The molecule has 152 valence electrons. The van der Waals surface area contributed by atoms with Gasteiger partial charge in [0.15, 0.2) is 11.6 Å². The molecule has 1 unspecified atom stereocenters. The number of halogens is 3. The standard InChI is InChI=1S/C19H22ClF2N3O2S/c1-11(10-26)24-28-18-15-5-3-2-4-8-25(15)17(16(18)20)19(27)23-12-6-7-13(21)14(22)9-12/h6-7,9,11,24,26H,2-5,8,10H2,1H3,(H,23,27). The molecule has 28 heavy (non-hydrogen) atoms. The van der Waals surface area contributed by atoms with Gasteiger partial charge in [0.05, 0.1) is 16.5 Å². The van der Waals surface area contributed by atoms with Crippen LogP contribution in [-0.2, 0) is 13.0 Å². The van der Waals surface area contributed by atoms with Gasteiger partial charge in [0, 0.05) is 30.0 Å². The van der Waals surface area contributed by atoms with Crippen LogP contribution in [0.3, 0.4) is 0 Å². The van der Waals surface area contributed by atoms with Crippen LogP contribution in [0.1, 0.15) is 42.4 Å². The first-order chi connectivity index (χ1) is 13.4. The van der Waals surface area contributed by atoms with Gasteiger partial charge < -0.3 is 15.0 Å². The van der Waals surface area contributed by atoms with E-state index >= 15 is 0 Å². The largest absolute Gasteiger partial charge is 0.395 e. The lowest BCUT2D eigenvalue weighted by Gasteiger charge is -2.12. The van der Waals surface area contributed by atoms with E-state index in [0.29, 0.717) is 17.3 Å². The Balaban J connectivity index is 1.93. The fraction of sp³-hybridized carbons (Fsp3) is 0.421. The van der Waals surface area contributed by atoms with Crippen LogP contribution in [0.2, 0.25) is 5.02 Å². The van der Waals surface area contributed by atoms with E-state index in [1.807, 2.05) is 11.5 Å². The minimum absolute atomic E-state index is 0.0237. The number of nitrogens with one attached hydrogen (secondary N) is 2. The summed E-state index contributed by atoms with van der Waals surface area (Å²) in [6, 6.07) is 3.07. The van der Waals surface area contributed by atoms with Crippen molar-refractivity contribution in [2.45, 2.75) is 50.1 Å². The Morgan fingerprint density at radius 1 is 1.32 bits per heavy atom. The summed E-state index contributed by atoms with van der Waals surface area (Å²) in [5.41, 5.74) is 1.44. The molecule has 0 fully saturated rings. The second-order valence-electron chi connectivity index (χ2n) is 6.79. The first kappa shape index (κ1) is 21.1. The maximum atomic E-state index is 13.5. The van der Waals surface area contributed by atoms with Gasteiger partial charge in [-0.2, -0.15) is 0 Å². The lowest BCUT2D eigenvalue weighted by atomic mass is 10.2. The Hall–Kier alpha value is -1.61. The molecule has 3 rings (SSSR count). The SMILES string of the molecule is CC(CO)NSc1c(Cl)c(C(=O)Nc2ccc(F)c(F)c2)n2c1CCCCC2. The molecule has 9 heteroatoms. The molecule has 2 heterocycles. The van der Waals surface area contributed by atoms with Crippen molar-refractivity contribution in [1.29, 1.82) is 0 Å². The van der Waals surface area contributed by atoms with E-state index in [-0.39, 0.29) is 18.3 Å². The average molecular weight is 430 g/mol. The van der Waals surface area contributed by atoms with Crippen LogP contribution in [0.4, 0.5) is 14.5 Å². The number of nitrogens with zero attached hydrogens (tertiary/aromatic N) is 1. The Morgan fingerprint density at radius 3 is 2.82 bits per heavy atom. The summed E-state index contributed by atoms with van der Waals surface area (Å²) < 4.78 is 31.6. The highest BCUT2D eigenvalue weighted by molar-refractivity contribution is 7.97. The monoisotopic (exact) mass is 429 g/mol. The van der Waals surface area contributed by atoms with Crippen LogP contribution in [0.15, 0.2) is 23.1 Å². The topological polar surface area (TPSA) is 66.3 Å². The zero-order valence-electron chi connectivity index (χ0n) is 15.4. The third kappa shape index (κ3) is 4.51. The molecule has 1 aromatic carbocycles. The number of carbonyl (C=O) groups is 1. The van der Waals surface area contributed by atoms with E-state index in [1.54, 1.807) is 0 Å². The van der Waals surface area contributed by atoms with E-state index in [2.05, 4.69) is 10.0 Å². The van der Waals surface area contributed by atoms with Crippen molar-refractivity contribution < 1.29 is 18.7 Å². The molecule has 0 saturated heterocycles. The summed E-state index contributed by atoms with van der Waals surface area (Å²) in [5, 5.41) is 12.2. The molecule has 5 nitrogen and oxygen atoms in total. The van der Waals surface area contributed by atoms with Crippen LogP contribution >= 0.6 is 23.5 Å². The third-order valence-corrected chi connectivity index (χ3v) is 6.23. The van der Waals surface area contributed by atoms with Gasteiger partial charge in [-0.25, -0.2) is 8.78 Å². The van der Waals surface area contributed by atoms with Crippen LogP contribution in [0.25, 0.3) is 0 Å². The van der Waals surface area contributed by atoms with E-state index in [0.717, 1.165) is 48.4 Å². The summed E-state index contributed by atoms with van der Waals surface area (Å²) in [4.78, 5) is 13.7. The molecule has 0 saturated carbocycles. The lowest BCUT2D eigenvalue weighted by Crippen LogP contribution is -2.22. The predicted octanol–water partition coefficient (Wildman–Crippen LogP) is 4.38. The van der Waals surface area contributed by atoms with Gasteiger partial charge in [-0.3, -0.25) is 9.52 Å². The molecule has 1 amide bonds. The zero-order valence-corrected chi connectivity index (χ0v) is 17.0. The van der Waals surface area contributed by atoms with Crippen molar-refractivity contribution in [3.8, 4) is 0 Å². The maximum absolute atomic E-state index is 13.5. The predicted molar refractivity (Wildman–Crippen MR) is 107 cm³/mol. The number of aromatic nitrogens is 1. The van der Waals surface area contributed by atoms with Crippen molar-refractivity contribution in [3.05, 3.63) is 46.2 Å². The van der Waals surface area contributed by atoms with Crippen molar-refractivity contribution in [3.63, 3.8) is 0 Å². The molecule has 1 atom stereocenters. The van der Waals surface area contributed by atoms with Gasteiger partial charge in [0.25, 0.3) is 5.91 Å². The molecule has 1 aliphatic heterocycles. The number of hydrogen-bond acceptors (Lipinski definition) is 4. The minimum atomic E-state index is -1.03. The highest BCUT2D eigenvalue weighted by Crippen LogP contribution is 2.38. The summed E-state index contributed by atoms with van der Waals surface area (Å²) in [6.45, 7) is 2.47. The molecule has 0 bridgehead atoms. The van der Waals surface area contributed by atoms with E-state index < -0.39 is 17.5 Å². The van der Waals surface area contributed by atoms with Gasteiger partial charge in [0.1, 0.15) is 5.69 Å². The quantitative estimate of drug-likeness (QED) is 0.596. The Kier molecular flexibility index (Phi) is 6.98. The van der Waals surface area contributed by atoms with Crippen molar-refractivity contribution in [2.24, 2.45) is 0 Å². The van der Waals surface area contributed by atoms with E-state index in [1.165, 1.54) is 18.0 Å². The van der Waals surface area contributed by atoms with Gasteiger partial charge in [-0.1, -0.05) is 18.0 Å². The first-order valence-corrected chi connectivity index (χ1v) is 10.3. The minimum Gasteiger partial charge on any atom is -0.395 e. The fourth-order valence-corrected chi connectivity index (χ4v) is 4.45. The van der Waals surface area contributed by atoms with Crippen molar-refractivity contribution in [2.75, 3.05) is 11.9 Å². The van der Waals surface area contributed by atoms with Crippen LogP contribution < -0.4 is 10.0 Å². The van der Waals surface area contributed by atoms with Crippen LogP contribution in [0.5, 0.6) is 0 Å². The van der Waals surface area contributed by atoms with Crippen LogP contribution in [0, 0.1) is 11.6 Å². The number of aliphatic hydroxyl groups is 1.